The smallest absolute Gasteiger partial charge is 0.320 e. The van der Waals surface area contributed by atoms with E-state index in [0.717, 1.165) is 12.8 Å². The third-order valence-corrected chi connectivity index (χ3v) is 3.02. The molecule has 0 rings (SSSR count). The van der Waals surface area contributed by atoms with Crippen LogP contribution in [0.1, 0.15) is 59.8 Å². The van der Waals surface area contributed by atoms with Gasteiger partial charge in [0.2, 0.25) is 5.91 Å². The van der Waals surface area contributed by atoms with E-state index in [0.29, 0.717) is 18.9 Å². The summed E-state index contributed by atoms with van der Waals surface area (Å²) in [4.78, 5) is 22.6. The van der Waals surface area contributed by atoms with Crippen molar-refractivity contribution in [1.29, 1.82) is 0 Å². The molecular weight excluding hydrogens is 256 g/mol. The molecular formula is C15H30N2O3. The predicted molar refractivity (Wildman–Crippen MR) is 80.6 cm³/mol. The number of rotatable bonds is 11. The Balaban J connectivity index is 3.76. The van der Waals surface area contributed by atoms with Crippen molar-refractivity contribution in [1.82, 2.24) is 10.6 Å². The second-order valence-electron chi connectivity index (χ2n) is 5.99. The van der Waals surface area contributed by atoms with Crippen molar-refractivity contribution in [3.8, 4) is 0 Å². The normalized spacial score (nSPS) is 12.7. The largest absolute Gasteiger partial charge is 0.480 e. The average molecular weight is 286 g/mol. The summed E-state index contributed by atoms with van der Waals surface area (Å²) in [7, 11) is 0. The molecule has 0 aliphatic heterocycles. The molecule has 0 saturated carbocycles. The van der Waals surface area contributed by atoms with Crippen LogP contribution in [0.15, 0.2) is 0 Å². The van der Waals surface area contributed by atoms with Gasteiger partial charge in [-0.15, -0.1) is 0 Å². The van der Waals surface area contributed by atoms with Crippen molar-refractivity contribution in [3.63, 3.8) is 0 Å². The number of nitrogens with one attached hydrogen (secondary N) is 2. The molecule has 118 valence electrons. The molecule has 0 saturated heterocycles. The summed E-state index contributed by atoms with van der Waals surface area (Å²) >= 11 is 0. The molecule has 5 heteroatoms. The summed E-state index contributed by atoms with van der Waals surface area (Å²) < 4.78 is 0. The lowest BCUT2D eigenvalue weighted by atomic mass is 10.1. The van der Waals surface area contributed by atoms with Crippen molar-refractivity contribution in [2.24, 2.45) is 5.92 Å². The molecule has 0 unspecified atom stereocenters. The number of amides is 1. The van der Waals surface area contributed by atoms with Gasteiger partial charge in [0.05, 0.1) is 0 Å². The van der Waals surface area contributed by atoms with E-state index < -0.39 is 12.0 Å². The van der Waals surface area contributed by atoms with Crippen LogP contribution < -0.4 is 10.6 Å². The van der Waals surface area contributed by atoms with Gasteiger partial charge in [-0.1, -0.05) is 40.5 Å². The molecule has 0 heterocycles. The van der Waals surface area contributed by atoms with E-state index in [1.165, 1.54) is 6.42 Å². The molecule has 20 heavy (non-hydrogen) atoms. The quantitative estimate of drug-likeness (QED) is 0.509. The van der Waals surface area contributed by atoms with Gasteiger partial charge in [-0.05, 0) is 18.8 Å². The zero-order valence-electron chi connectivity index (χ0n) is 13.2. The fourth-order valence-electron chi connectivity index (χ4n) is 1.95. The minimum atomic E-state index is -0.900. The topological polar surface area (TPSA) is 78.4 Å². The number of unbranched alkanes of at least 4 members (excludes halogenated alkanes) is 1. The van der Waals surface area contributed by atoms with Crippen LogP contribution in [0.2, 0.25) is 0 Å². The van der Waals surface area contributed by atoms with Crippen LogP contribution in [0.25, 0.3) is 0 Å². The highest BCUT2D eigenvalue weighted by Gasteiger charge is 2.18. The van der Waals surface area contributed by atoms with Crippen LogP contribution >= 0.6 is 0 Å². The van der Waals surface area contributed by atoms with E-state index in [2.05, 4.69) is 24.5 Å². The lowest BCUT2D eigenvalue weighted by molar-refractivity contribution is -0.140. The summed E-state index contributed by atoms with van der Waals surface area (Å²) in [6.07, 6.45) is 3.85. The Hall–Kier alpha value is -1.10. The van der Waals surface area contributed by atoms with Crippen molar-refractivity contribution in [2.75, 3.05) is 6.54 Å². The second-order valence-corrected chi connectivity index (χ2v) is 5.99. The van der Waals surface area contributed by atoms with Crippen molar-refractivity contribution < 1.29 is 14.7 Å². The highest BCUT2D eigenvalue weighted by atomic mass is 16.4. The van der Waals surface area contributed by atoms with E-state index in [9.17, 15) is 9.59 Å². The van der Waals surface area contributed by atoms with Gasteiger partial charge >= 0.3 is 5.97 Å². The van der Waals surface area contributed by atoms with Gasteiger partial charge < -0.3 is 15.7 Å². The Morgan fingerprint density at radius 1 is 1.05 bits per heavy atom. The monoisotopic (exact) mass is 286 g/mol. The lowest BCUT2D eigenvalue weighted by Gasteiger charge is -2.16. The molecule has 0 aliphatic rings. The number of hydrogen-bond acceptors (Lipinski definition) is 3. The predicted octanol–water partition coefficient (Wildman–Crippen LogP) is 2.16. The number of aliphatic carboxylic acids is 1. The van der Waals surface area contributed by atoms with E-state index in [-0.39, 0.29) is 18.4 Å². The van der Waals surface area contributed by atoms with Gasteiger partial charge in [-0.2, -0.15) is 0 Å². The van der Waals surface area contributed by atoms with Crippen molar-refractivity contribution in [3.05, 3.63) is 0 Å². The van der Waals surface area contributed by atoms with E-state index in [1.807, 2.05) is 13.8 Å². The third kappa shape index (κ3) is 10.8. The van der Waals surface area contributed by atoms with Crippen LogP contribution in [0.3, 0.4) is 0 Å². The van der Waals surface area contributed by atoms with Crippen LogP contribution in [-0.2, 0) is 9.59 Å². The number of hydrogen-bond donors (Lipinski definition) is 3. The molecule has 5 nitrogen and oxygen atoms in total. The molecule has 0 bridgehead atoms. The first-order valence-electron chi connectivity index (χ1n) is 7.58. The summed E-state index contributed by atoms with van der Waals surface area (Å²) in [5, 5.41) is 14.8. The van der Waals surface area contributed by atoms with Crippen LogP contribution in [0.4, 0.5) is 0 Å². The van der Waals surface area contributed by atoms with Gasteiger partial charge in [0.25, 0.3) is 0 Å². The minimum Gasteiger partial charge on any atom is -0.480 e. The SMILES string of the molecule is CC(C)CCCCNC(=O)CC[C@@H](NC(C)C)C(=O)O. The molecule has 0 radical (unpaired) electrons. The van der Waals surface area contributed by atoms with Crippen molar-refractivity contribution >= 4 is 11.9 Å². The van der Waals surface area contributed by atoms with Gasteiger partial charge in [0, 0.05) is 19.0 Å². The molecule has 0 aromatic rings. The second kappa shape index (κ2) is 10.7. The third-order valence-electron chi connectivity index (χ3n) is 3.02. The Labute approximate surface area is 122 Å². The first-order valence-corrected chi connectivity index (χ1v) is 7.58. The van der Waals surface area contributed by atoms with Crippen LogP contribution in [0, 0.1) is 5.92 Å². The Bertz CT molecular complexity index is 291. The minimum absolute atomic E-state index is 0.0636. The Kier molecular flexibility index (Phi) is 10.1. The first kappa shape index (κ1) is 18.9. The summed E-state index contributed by atoms with van der Waals surface area (Å²) in [6, 6.07) is -0.558. The maximum atomic E-state index is 11.6. The van der Waals surface area contributed by atoms with Crippen LogP contribution in [-0.4, -0.2) is 35.6 Å². The zero-order valence-corrected chi connectivity index (χ0v) is 13.2. The maximum absolute atomic E-state index is 11.6. The number of carbonyl (C=O) groups excluding carboxylic acids is 1. The molecule has 0 aromatic heterocycles. The van der Waals surface area contributed by atoms with Gasteiger partial charge in [0.1, 0.15) is 6.04 Å². The van der Waals surface area contributed by atoms with Crippen LogP contribution in [0.5, 0.6) is 0 Å². The van der Waals surface area contributed by atoms with E-state index >= 15 is 0 Å². The summed E-state index contributed by atoms with van der Waals surface area (Å²) in [5.41, 5.74) is 0. The standard InChI is InChI=1S/C15H30N2O3/c1-11(2)7-5-6-10-16-14(18)9-8-13(15(19)20)17-12(3)4/h11-13,17H,5-10H2,1-4H3,(H,16,18)(H,19,20)/t13-/m1/s1. The summed E-state index contributed by atoms with van der Waals surface area (Å²) in [5.74, 6) is -0.265. The van der Waals surface area contributed by atoms with Gasteiger partial charge in [-0.3, -0.25) is 9.59 Å². The Morgan fingerprint density at radius 3 is 2.20 bits per heavy atom. The Morgan fingerprint density at radius 2 is 1.70 bits per heavy atom. The molecule has 0 aromatic carbocycles. The number of carboxylic acids is 1. The molecule has 0 fully saturated rings. The molecule has 3 N–H and O–H groups in total. The highest BCUT2D eigenvalue weighted by molar-refractivity contribution is 5.78. The van der Waals surface area contributed by atoms with E-state index in [1.54, 1.807) is 0 Å². The van der Waals surface area contributed by atoms with Gasteiger partial charge in [-0.25, -0.2) is 0 Å². The summed E-state index contributed by atoms with van der Waals surface area (Å²) in [6.45, 7) is 8.84. The molecule has 0 spiro atoms. The lowest BCUT2D eigenvalue weighted by Crippen LogP contribution is -2.41. The molecule has 1 amide bonds. The molecule has 0 aliphatic carbocycles. The van der Waals surface area contributed by atoms with Crippen molar-refractivity contribution in [2.45, 2.75) is 71.9 Å². The fourth-order valence-corrected chi connectivity index (χ4v) is 1.95. The number of carboxylic acid groups (broad SMARTS) is 1. The number of carbonyl (C=O) groups is 2. The zero-order chi connectivity index (χ0) is 15.5. The highest BCUT2D eigenvalue weighted by Crippen LogP contribution is 2.05. The molecule has 1 atom stereocenters. The maximum Gasteiger partial charge on any atom is 0.320 e. The first-order chi connectivity index (χ1) is 9.32. The van der Waals surface area contributed by atoms with Gasteiger partial charge in [0.15, 0.2) is 0 Å². The van der Waals surface area contributed by atoms with E-state index in [4.69, 9.17) is 5.11 Å². The fraction of sp³-hybridized carbons (Fsp3) is 0.867. The average Bonchev–Trinajstić information content (AvgIpc) is 2.32.